The lowest BCUT2D eigenvalue weighted by atomic mass is 10.4. The third kappa shape index (κ3) is 2.00. The van der Waals surface area contributed by atoms with Gasteiger partial charge < -0.3 is 4.74 Å². The Balaban J connectivity index is 2.82. The summed E-state index contributed by atoms with van der Waals surface area (Å²) in [5, 5.41) is 0. The van der Waals surface area contributed by atoms with Crippen LogP contribution in [0.4, 0.5) is 0 Å². The Morgan fingerprint density at radius 1 is 1.64 bits per heavy atom. The molecule has 0 aromatic carbocycles. The van der Waals surface area contributed by atoms with E-state index >= 15 is 0 Å². The average Bonchev–Trinajstić information content (AvgIpc) is 2.06. The smallest absolute Gasteiger partial charge is 0.216 e. The van der Waals surface area contributed by atoms with Crippen LogP contribution in [-0.4, -0.2) is 22.9 Å². The van der Waals surface area contributed by atoms with Crippen molar-refractivity contribution in [2.75, 3.05) is 6.61 Å². The third-order valence-electron chi connectivity index (χ3n) is 1.08. The molecule has 1 aromatic heterocycles. The highest BCUT2D eigenvalue weighted by molar-refractivity contribution is 5.71. The standard InChI is InChI=1S/C7H8N2O2/c1-2-11-7-3-6(4-10)8-5-9-7/h3-5H,2H2,1H3. The number of rotatable bonds is 3. The van der Waals surface area contributed by atoms with Gasteiger partial charge in [-0.3, -0.25) is 4.79 Å². The molecule has 0 aliphatic heterocycles. The number of hydrogen-bond donors (Lipinski definition) is 0. The fourth-order valence-electron chi connectivity index (χ4n) is 0.645. The first kappa shape index (κ1) is 7.65. The van der Waals surface area contributed by atoms with Gasteiger partial charge in [-0.25, -0.2) is 9.97 Å². The first-order valence-electron chi connectivity index (χ1n) is 3.27. The number of hydrogen-bond acceptors (Lipinski definition) is 4. The van der Waals surface area contributed by atoms with Gasteiger partial charge >= 0.3 is 0 Å². The molecule has 0 saturated heterocycles. The SMILES string of the molecule is CCOc1cc(C=O)ncn1. The summed E-state index contributed by atoms with van der Waals surface area (Å²) in [5.41, 5.74) is 0.337. The van der Waals surface area contributed by atoms with Crippen molar-refractivity contribution < 1.29 is 9.53 Å². The Hall–Kier alpha value is -1.45. The Bertz CT molecular complexity index is 250. The second kappa shape index (κ2) is 3.65. The van der Waals surface area contributed by atoms with Gasteiger partial charge in [0, 0.05) is 6.07 Å². The summed E-state index contributed by atoms with van der Waals surface area (Å²) in [6.45, 7) is 2.39. The molecule has 1 rings (SSSR count). The van der Waals surface area contributed by atoms with Crippen molar-refractivity contribution in [2.45, 2.75) is 6.92 Å². The highest BCUT2D eigenvalue weighted by Crippen LogP contribution is 2.03. The molecule has 0 fully saturated rings. The van der Waals surface area contributed by atoms with E-state index in [-0.39, 0.29) is 0 Å². The summed E-state index contributed by atoms with van der Waals surface area (Å²) in [6, 6.07) is 1.50. The molecule has 1 aromatic rings. The monoisotopic (exact) mass is 152 g/mol. The van der Waals surface area contributed by atoms with Crippen LogP contribution in [0, 0.1) is 0 Å². The van der Waals surface area contributed by atoms with Crippen LogP contribution in [0.5, 0.6) is 5.88 Å². The molecule has 0 bridgehead atoms. The van der Waals surface area contributed by atoms with Gasteiger partial charge in [0.15, 0.2) is 6.29 Å². The fraction of sp³-hybridized carbons (Fsp3) is 0.286. The lowest BCUT2D eigenvalue weighted by Gasteiger charge is -1.99. The maximum absolute atomic E-state index is 10.2. The third-order valence-corrected chi connectivity index (χ3v) is 1.08. The Kier molecular flexibility index (Phi) is 2.54. The zero-order valence-electron chi connectivity index (χ0n) is 6.15. The zero-order chi connectivity index (χ0) is 8.10. The van der Waals surface area contributed by atoms with Gasteiger partial charge in [-0.2, -0.15) is 0 Å². The van der Waals surface area contributed by atoms with Gasteiger partial charge in [-0.05, 0) is 6.92 Å². The lowest BCUT2D eigenvalue weighted by molar-refractivity contribution is 0.111. The molecule has 0 atom stereocenters. The van der Waals surface area contributed by atoms with E-state index in [9.17, 15) is 4.79 Å². The van der Waals surface area contributed by atoms with Crippen molar-refractivity contribution in [3.05, 3.63) is 18.1 Å². The van der Waals surface area contributed by atoms with E-state index in [0.29, 0.717) is 24.5 Å². The minimum atomic E-state index is 0.337. The lowest BCUT2D eigenvalue weighted by Crippen LogP contribution is -1.96. The summed E-state index contributed by atoms with van der Waals surface area (Å²) < 4.78 is 5.04. The molecule has 0 N–H and O–H groups in total. The zero-order valence-corrected chi connectivity index (χ0v) is 6.15. The molecule has 0 spiro atoms. The van der Waals surface area contributed by atoms with Crippen molar-refractivity contribution in [3.8, 4) is 5.88 Å². The maximum atomic E-state index is 10.2. The van der Waals surface area contributed by atoms with Gasteiger partial charge in [0.25, 0.3) is 0 Å². The van der Waals surface area contributed by atoms with Crippen LogP contribution < -0.4 is 4.74 Å². The maximum Gasteiger partial charge on any atom is 0.216 e. The molecule has 11 heavy (non-hydrogen) atoms. The molecule has 0 saturated carbocycles. The summed E-state index contributed by atoms with van der Waals surface area (Å²) >= 11 is 0. The topological polar surface area (TPSA) is 52.1 Å². The van der Waals surface area contributed by atoms with Crippen molar-refractivity contribution >= 4 is 6.29 Å². The molecule has 0 amide bonds. The second-order valence-corrected chi connectivity index (χ2v) is 1.83. The van der Waals surface area contributed by atoms with Gasteiger partial charge in [-0.15, -0.1) is 0 Å². The number of aromatic nitrogens is 2. The largest absolute Gasteiger partial charge is 0.478 e. The van der Waals surface area contributed by atoms with Crippen molar-refractivity contribution in [2.24, 2.45) is 0 Å². The fourth-order valence-corrected chi connectivity index (χ4v) is 0.645. The second-order valence-electron chi connectivity index (χ2n) is 1.83. The first-order valence-corrected chi connectivity index (χ1v) is 3.27. The van der Waals surface area contributed by atoms with Crippen LogP contribution in [0.25, 0.3) is 0 Å². The van der Waals surface area contributed by atoms with Crippen LogP contribution >= 0.6 is 0 Å². The summed E-state index contributed by atoms with van der Waals surface area (Å²) in [4.78, 5) is 17.7. The van der Waals surface area contributed by atoms with Crippen molar-refractivity contribution in [3.63, 3.8) is 0 Å². The van der Waals surface area contributed by atoms with Crippen molar-refractivity contribution in [1.82, 2.24) is 9.97 Å². The van der Waals surface area contributed by atoms with Gasteiger partial charge in [0.05, 0.1) is 6.61 Å². The van der Waals surface area contributed by atoms with Crippen LogP contribution in [0.2, 0.25) is 0 Å². The number of ether oxygens (including phenoxy) is 1. The highest BCUT2D eigenvalue weighted by Gasteiger charge is 1.95. The number of nitrogens with zero attached hydrogens (tertiary/aromatic N) is 2. The molecule has 4 nitrogen and oxygen atoms in total. The van der Waals surface area contributed by atoms with Gasteiger partial charge in [-0.1, -0.05) is 0 Å². The molecule has 4 heteroatoms. The predicted molar refractivity (Wildman–Crippen MR) is 38.6 cm³/mol. The summed E-state index contributed by atoms with van der Waals surface area (Å²) in [7, 11) is 0. The summed E-state index contributed by atoms with van der Waals surface area (Å²) in [5.74, 6) is 0.435. The minimum absolute atomic E-state index is 0.337. The molecule has 0 unspecified atom stereocenters. The molecule has 1 heterocycles. The summed E-state index contributed by atoms with van der Waals surface area (Å²) in [6.07, 6.45) is 1.96. The Morgan fingerprint density at radius 2 is 2.45 bits per heavy atom. The first-order chi connectivity index (χ1) is 5.36. The van der Waals surface area contributed by atoms with Crippen molar-refractivity contribution in [1.29, 1.82) is 0 Å². The average molecular weight is 152 g/mol. The molecule has 0 aliphatic carbocycles. The Morgan fingerprint density at radius 3 is 3.09 bits per heavy atom. The van der Waals surface area contributed by atoms with E-state index in [1.807, 2.05) is 6.92 Å². The molecular weight excluding hydrogens is 144 g/mol. The Labute approximate surface area is 64.2 Å². The predicted octanol–water partition coefficient (Wildman–Crippen LogP) is 0.688. The number of carbonyl (C=O) groups is 1. The minimum Gasteiger partial charge on any atom is -0.478 e. The van der Waals surface area contributed by atoms with Crippen LogP contribution in [0.15, 0.2) is 12.4 Å². The molecule has 0 aliphatic rings. The van der Waals surface area contributed by atoms with E-state index in [4.69, 9.17) is 4.74 Å². The van der Waals surface area contributed by atoms with E-state index in [1.54, 1.807) is 0 Å². The van der Waals surface area contributed by atoms with E-state index in [2.05, 4.69) is 9.97 Å². The molecular formula is C7H8N2O2. The van der Waals surface area contributed by atoms with E-state index in [0.717, 1.165) is 0 Å². The quantitative estimate of drug-likeness (QED) is 0.598. The number of carbonyl (C=O) groups excluding carboxylic acids is 1. The van der Waals surface area contributed by atoms with Crippen LogP contribution in [-0.2, 0) is 0 Å². The molecule has 0 radical (unpaired) electrons. The van der Waals surface area contributed by atoms with Gasteiger partial charge in [0.2, 0.25) is 5.88 Å². The van der Waals surface area contributed by atoms with E-state index in [1.165, 1.54) is 12.4 Å². The van der Waals surface area contributed by atoms with E-state index < -0.39 is 0 Å². The normalized spacial score (nSPS) is 9.18. The van der Waals surface area contributed by atoms with Crippen LogP contribution in [0.1, 0.15) is 17.4 Å². The highest BCUT2D eigenvalue weighted by atomic mass is 16.5. The molecule has 58 valence electrons. The number of aldehydes is 1. The van der Waals surface area contributed by atoms with Gasteiger partial charge in [0.1, 0.15) is 12.0 Å². The van der Waals surface area contributed by atoms with Crippen LogP contribution in [0.3, 0.4) is 0 Å².